The van der Waals surface area contributed by atoms with Gasteiger partial charge in [0.25, 0.3) is 0 Å². The number of carbonyl (C=O) groups is 2. The number of methoxy groups -OCH3 is 1. The summed E-state index contributed by atoms with van der Waals surface area (Å²) in [5.41, 5.74) is -0.224. The number of rotatable bonds is 7. The number of amides is 1. The van der Waals surface area contributed by atoms with Crippen LogP contribution in [0.2, 0.25) is 0 Å². The molecule has 0 aromatic carbocycles. The highest BCUT2D eigenvalue weighted by Gasteiger charge is 2.33. The van der Waals surface area contributed by atoms with Crippen LogP contribution in [0.25, 0.3) is 0 Å². The first-order valence-electron chi connectivity index (χ1n) is 7.95. The van der Waals surface area contributed by atoms with Crippen LogP contribution in [0, 0.1) is 0 Å². The second kappa shape index (κ2) is 7.78. The van der Waals surface area contributed by atoms with Crippen molar-refractivity contribution in [2.75, 3.05) is 13.7 Å². The second-order valence-electron chi connectivity index (χ2n) is 6.59. The number of hydrogen-bond donors (Lipinski definition) is 1. The lowest BCUT2D eigenvalue weighted by Crippen LogP contribution is -2.55. The largest absolute Gasteiger partial charge is 0.468 e. The van der Waals surface area contributed by atoms with E-state index in [4.69, 9.17) is 4.74 Å². The molecule has 1 atom stereocenters. The summed E-state index contributed by atoms with van der Waals surface area (Å²) in [6.45, 7) is 8.13. The SMILES string of the molecule is CCC(C)(C)NC(=O)C(C)N(CC(=O)OC)C1CCCC1. The molecule has 0 aromatic rings. The number of esters is 1. The van der Waals surface area contributed by atoms with Crippen molar-refractivity contribution in [1.82, 2.24) is 10.2 Å². The quantitative estimate of drug-likeness (QED) is 0.731. The molecule has 0 bridgehead atoms. The van der Waals surface area contributed by atoms with E-state index in [0.717, 1.165) is 32.1 Å². The summed E-state index contributed by atoms with van der Waals surface area (Å²) >= 11 is 0. The molecule has 0 saturated heterocycles. The minimum Gasteiger partial charge on any atom is -0.468 e. The topological polar surface area (TPSA) is 58.6 Å². The summed E-state index contributed by atoms with van der Waals surface area (Å²) in [4.78, 5) is 26.1. The van der Waals surface area contributed by atoms with Crippen LogP contribution in [0.3, 0.4) is 0 Å². The smallest absolute Gasteiger partial charge is 0.319 e. The Morgan fingerprint density at radius 3 is 2.38 bits per heavy atom. The van der Waals surface area contributed by atoms with Gasteiger partial charge in [0.1, 0.15) is 0 Å². The molecule has 21 heavy (non-hydrogen) atoms. The van der Waals surface area contributed by atoms with Gasteiger partial charge in [-0.3, -0.25) is 14.5 Å². The van der Waals surface area contributed by atoms with E-state index in [1.54, 1.807) is 0 Å². The van der Waals surface area contributed by atoms with Crippen LogP contribution >= 0.6 is 0 Å². The summed E-state index contributed by atoms with van der Waals surface area (Å²) in [5.74, 6) is -0.297. The molecular weight excluding hydrogens is 268 g/mol. The van der Waals surface area contributed by atoms with Crippen molar-refractivity contribution in [2.45, 2.75) is 77.4 Å². The fourth-order valence-electron chi connectivity index (χ4n) is 2.71. The highest BCUT2D eigenvalue weighted by Crippen LogP contribution is 2.25. The zero-order valence-corrected chi connectivity index (χ0v) is 14.1. The average Bonchev–Trinajstić information content (AvgIpc) is 2.97. The Balaban J connectivity index is 2.76. The first kappa shape index (κ1) is 18.0. The van der Waals surface area contributed by atoms with Crippen LogP contribution in [-0.2, 0) is 14.3 Å². The van der Waals surface area contributed by atoms with Gasteiger partial charge in [0.15, 0.2) is 0 Å². The predicted molar refractivity (Wildman–Crippen MR) is 83.0 cm³/mol. The highest BCUT2D eigenvalue weighted by atomic mass is 16.5. The van der Waals surface area contributed by atoms with E-state index >= 15 is 0 Å². The van der Waals surface area contributed by atoms with Crippen molar-refractivity contribution < 1.29 is 14.3 Å². The number of carbonyl (C=O) groups excluding carboxylic acids is 2. The number of hydrogen-bond acceptors (Lipinski definition) is 4. The lowest BCUT2D eigenvalue weighted by atomic mass is 10.0. The Hall–Kier alpha value is -1.10. The molecule has 0 radical (unpaired) electrons. The standard InChI is InChI=1S/C16H30N2O3/c1-6-16(3,4)17-15(20)12(2)18(11-14(19)21-5)13-9-7-8-10-13/h12-13H,6-11H2,1-5H3,(H,17,20). The van der Waals surface area contributed by atoms with Gasteiger partial charge in [-0.2, -0.15) is 0 Å². The summed E-state index contributed by atoms with van der Waals surface area (Å²) in [7, 11) is 1.39. The van der Waals surface area contributed by atoms with Gasteiger partial charge >= 0.3 is 5.97 Å². The zero-order valence-electron chi connectivity index (χ0n) is 14.1. The molecular formula is C16H30N2O3. The molecule has 1 fully saturated rings. The van der Waals surface area contributed by atoms with Gasteiger partial charge in [-0.1, -0.05) is 19.8 Å². The summed E-state index contributed by atoms with van der Waals surface area (Å²) in [6.07, 6.45) is 5.29. The third-order valence-corrected chi connectivity index (χ3v) is 4.56. The van der Waals surface area contributed by atoms with Crippen LogP contribution in [0.1, 0.15) is 59.8 Å². The Morgan fingerprint density at radius 1 is 1.33 bits per heavy atom. The fourth-order valence-corrected chi connectivity index (χ4v) is 2.71. The van der Waals surface area contributed by atoms with Gasteiger partial charge < -0.3 is 10.1 Å². The van der Waals surface area contributed by atoms with Crippen molar-refractivity contribution >= 4 is 11.9 Å². The van der Waals surface area contributed by atoms with E-state index in [1.807, 2.05) is 32.6 Å². The molecule has 5 nitrogen and oxygen atoms in total. The minimum atomic E-state index is -0.321. The highest BCUT2D eigenvalue weighted by molar-refractivity contribution is 5.83. The van der Waals surface area contributed by atoms with E-state index in [9.17, 15) is 9.59 Å². The monoisotopic (exact) mass is 298 g/mol. The van der Waals surface area contributed by atoms with Crippen molar-refractivity contribution in [1.29, 1.82) is 0 Å². The van der Waals surface area contributed by atoms with Crippen LogP contribution in [0.5, 0.6) is 0 Å². The first-order valence-corrected chi connectivity index (χ1v) is 7.95. The lowest BCUT2D eigenvalue weighted by molar-refractivity contribution is -0.144. The summed E-state index contributed by atoms with van der Waals surface area (Å²) in [5, 5.41) is 3.07. The number of nitrogens with one attached hydrogen (secondary N) is 1. The molecule has 1 saturated carbocycles. The van der Waals surface area contributed by atoms with Gasteiger partial charge in [0.2, 0.25) is 5.91 Å². The summed E-state index contributed by atoms with van der Waals surface area (Å²) in [6, 6.07) is -0.0207. The molecule has 1 aliphatic rings. The predicted octanol–water partition coefficient (Wildman–Crippen LogP) is 2.10. The normalized spacial score (nSPS) is 17.8. The van der Waals surface area contributed by atoms with Gasteiger partial charge in [0, 0.05) is 11.6 Å². The number of ether oxygens (including phenoxy) is 1. The molecule has 0 aliphatic heterocycles. The van der Waals surface area contributed by atoms with E-state index in [1.165, 1.54) is 7.11 Å². The van der Waals surface area contributed by atoms with Crippen molar-refractivity contribution in [3.63, 3.8) is 0 Å². The zero-order chi connectivity index (χ0) is 16.0. The molecule has 0 aromatic heterocycles. The Bertz CT molecular complexity index is 363. The molecule has 1 N–H and O–H groups in total. The molecule has 1 aliphatic carbocycles. The molecule has 0 spiro atoms. The van der Waals surface area contributed by atoms with Crippen molar-refractivity contribution in [3.8, 4) is 0 Å². The molecule has 5 heteroatoms. The number of nitrogens with zero attached hydrogens (tertiary/aromatic N) is 1. The van der Waals surface area contributed by atoms with Crippen LogP contribution in [0.15, 0.2) is 0 Å². The molecule has 1 unspecified atom stereocenters. The van der Waals surface area contributed by atoms with E-state index in [0.29, 0.717) is 6.04 Å². The second-order valence-corrected chi connectivity index (χ2v) is 6.59. The van der Waals surface area contributed by atoms with Crippen molar-refractivity contribution in [3.05, 3.63) is 0 Å². The third kappa shape index (κ3) is 5.30. The third-order valence-electron chi connectivity index (χ3n) is 4.56. The van der Waals surface area contributed by atoms with E-state index < -0.39 is 0 Å². The first-order chi connectivity index (χ1) is 9.80. The Morgan fingerprint density at radius 2 is 1.90 bits per heavy atom. The fraction of sp³-hybridized carbons (Fsp3) is 0.875. The Labute approximate surface area is 128 Å². The minimum absolute atomic E-state index is 0.0161. The maximum absolute atomic E-state index is 12.5. The molecule has 1 rings (SSSR count). The molecule has 122 valence electrons. The van der Waals surface area contributed by atoms with Gasteiger partial charge in [0.05, 0.1) is 19.7 Å². The summed E-state index contributed by atoms with van der Waals surface area (Å²) < 4.78 is 4.78. The van der Waals surface area contributed by atoms with Crippen LogP contribution in [-0.4, -0.2) is 48.1 Å². The van der Waals surface area contributed by atoms with Gasteiger partial charge in [-0.05, 0) is 40.0 Å². The Kier molecular flexibility index (Phi) is 6.65. The molecule has 1 amide bonds. The maximum Gasteiger partial charge on any atom is 0.319 e. The molecule has 0 heterocycles. The van der Waals surface area contributed by atoms with Gasteiger partial charge in [-0.15, -0.1) is 0 Å². The van der Waals surface area contributed by atoms with Crippen LogP contribution < -0.4 is 5.32 Å². The maximum atomic E-state index is 12.5. The van der Waals surface area contributed by atoms with Gasteiger partial charge in [-0.25, -0.2) is 0 Å². The van der Waals surface area contributed by atoms with E-state index in [2.05, 4.69) is 5.32 Å². The lowest BCUT2D eigenvalue weighted by Gasteiger charge is -2.35. The van der Waals surface area contributed by atoms with Crippen molar-refractivity contribution in [2.24, 2.45) is 0 Å². The van der Waals surface area contributed by atoms with E-state index in [-0.39, 0.29) is 30.0 Å². The van der Waals surface area contributed by atoms with Crippen LogP contribution in [0.4, 0.5) is 0 Å². The average molecular weight is 298 g/mol.